The SMILES string of the molecule is COC(=O)[C@H]1CC=NN1. The minimum atomic E-state index is -0.257. The summed E-state index contributed by atoms with van der Waals surface area (Å²) in [5, 5.41) is 3.66. The van der Waals surface area contributed by atoms with Gasteiger partial charge in [-0.15, -0.1) is 0 Å². The van der Waals surface area contributed by atoms with Gasteiger partial charge in [0.1, 0.15) is 6.04 Å². The van der Waals surface area contributed by atoms with Crippen LogP contribution in [0, 0.1) is 0 Å². The van der Waals surface area contributed by atoms with E-state index in [9.17, 15) is 4.79 Å². The zero-order valence-corrected chi connectivity index (χ0v) is 5.13. The predicted molar refractivity (Wildman–Crippen MR) is 32.0 cm³/mol. The Morgan fingerprint density at radius 2 is 2.78 bits per heavy atom. The normalized spacial score (nSPS) is 23.4. The zero-order chi connectivity index (χ0) is 6.69. The fourth-order valence-corrected chi connectivity index (χ4v) is 0.645. The van der Waals surface area contributed by atoms with E-state index < -0.39 is 0 Å². The smallest absolute Gasteiger partial charge is 0.330 e. The van der Waals surface area contributed by atoms with Crippen LogP contribution in [0.3, 0.4) is 0 Å². The number of hydrogen-bond donors (Lipinski definition) is 1. The Hall–Kier alpha value is -1.06. The van der Waals surface area contributed by atoms with E-state index in [1.54, 1.807) is 6.21 Å². The summed E-state index contributed by atoms with van der Waals surface area (Å²) in [4.78, 5) is 10.6. The van der Waals surface area contributed by atoms with Crippen molar-refractivity contribution in [1.29, 1.82) is 0 Å². The number of esters is 1. The molecule has 4 heteroatoms. The van der Waals surface area contributed by atoms with E-state index >= 15 is 0 Å². The fraction of sp³-hybridized carbons (Fsp3) is 0.600. The molecule has 9 heavy (non-hydrogen) atoms. The molecule has 0 unspecified atom stereocenters. The van der Waals surface area contributed by atoms with Gasteiger partial charge >= 0.3 is 5.97 Å². The van der Waals surface area contributed by atoms with Crippen LogP contribution in [0.4, 0.5) is 0 Å². The Kier molecular flexibility index (Phi) is 1.67. The summed E-state index contributed by atoms with van der Waals surface area (Å²) in [7, 11) is 1.36. The van der Waals surface area contributed by atoms with E-state index in [1.807, 2.05) is 0 Å². The molecule has 1 aliphatic heterocycles. The number of carbonyl (C=O) groups excluding carboxylic acids is 1. The van der Waals surface area contributed by atoms with Crippen LogP contribution >= 0.6 is 0 Å². The molecule has 0 aliphatic carbocycles. The maximum Gasteiger partial charge on any atom is 0.330 e. The van der Waals surface area contributed by atoms with Crippen LogP contribution in [-0.4, -0.2) is 25.3 Å². The summed E-state index contributed by atoms with van der Waals surface area (Å²) in [6.45, 7) is 0. The van der Waals surface area contributed by atoms with Crippen molar-refractivity contribution < 1.29 is 9.53 Å². The lowest BCUT2D eigenvalue weighted by Gasteiger charge is -2.04. The average Bonchev–Trinajstić information content (AvgIpc) is 2.37. The van der Waals surface area contributed by atoms with Gasteiger partial charge in [-0.2, -0.15) is 5.10 Å². The second-order valence-corrected chi connectivity index (χ2v) is 1.75. The molecule has 0 bridgehead atoms. The molecule has 0 aromatic carbocycles. The molecule has 1 N–H and O–H groups in total. The van der Waals surface area contributed by atoms with Crippen molar-refractivity contribution in [2.75, 3.05) is 7.11 Å². The minimum Gasteiger partial charge on any atom is -0.467 e. The lowest BCUT2D eigenvalue weighted by Crippen LogP contribution is -2.30. The highest BCUT2D eigenvalue weighted by atomic mass is 16.5. The van der Waals surface area contributed by atoms with Gasteiger partial charge in [-0.25, -0.2) is 4.79 Å². The van der Waals surface area contributed by atoms with Crippen molar-refractivity contribution >= 4 is 12.2 Å². The van der Waals surface area contributed by atoms with E-state index in [-0.39, 0.29) is 12.0 Å². The van der Waals surface area contributed by atoms with E-state index in [0.717, 1.165) is 0 Å². The third-order valence-electron chi connectivity index (χ3n) is 1.15. The lowest BCUT2D eigenvalue weighted by atomic mass is 10.2. The number of nitrogens with one attached hydrogen (secondary N) is 1. The number of hydrazone groups is 1. The van der Waals surface area contributed by atoms with Gasteiger partial charge in [0.25, 0.3) is 0 Å². The summed E-state index contributed by atoms with van der Waals surface area (Å²) >= 11 is 0. The number of nitrogens with zero attached hydrogens (tertiary/aromatic N) is 1. The summed E-state index contributed by atoms with van der Waals surface area (Å²) in [6.07, 6.45) is 2.29. The van der Waals surface area contributed by atoms with Gasteiger partial charge in [0.2, 0.25) is 0 Å². The number of carbonyl (C=O) groups is 1. The highest BCUT2D eigenvalue weighted by Gasteiger charge is 2.19. The Balaban J connectivity index is 2.36. The average molecular weight is 128 g/mol. The second kappa shape index (κ2) is 2.48. The molecule has 0 aromatic rings. The molecule has 0 aromatic heterocycles. The Labute approximate surface area is 52.9 Å². The molecule has 1 atom stereocenters. The summed E-state index contributed by atoms with van der Waals surface area (Å²) in [5.74, 6) is -0.257. The second-order valence-electron chi connectivity index (χ2n) is 1.75. The highest BCUT2D eigenvalue weighted by Crippen LogP contribution is 1.97. The van der Waals surface area contributed by atoms with Crippen molar-refractivity contribution in [2.24, 2.45) is 5.10 Å². The highest BCUT2D eigenvalue weighted by molar-refractivity contribution is 5.81. The fourth-order valence-electron chi connectivity index (χ4n) is 0.645. The van der Waals surface area contributed by atoms with Gasteiger partial charge in [-0.3, -0.25) is 5.43 Å². The lowest BCUT2D eigenvalue weighted by molar-refractivity contribution is -0.142. The number of hydrogen-bond acceptors (Lipinski definition) is 4. The van der Waals surface area contributed by atoms with Crippen molar-refractivity contribution in [3.05, 3.63) is 0 Å². The van der Waals surface area contributed by atoms with Crippen molar-refractivity contribution in [1.82, 2.24) is 5.43 Å². The van der Waals surface area contributed by atoms with Crippen molar-refractivity contribution in [3.8, 4) is 0 Å². The number of methoxy groups -OCH3 is 1. The van der Waals surface area contributed by atoms with E-state index in [1.165, 1.54) is 7.11 Å². The van der Waals surface area contributed by atoms with E-state index in [4.69, 9.17) is 0 Å². The van der Waals surface area contributed by atoms with Crippen LogP contribution in [0.15, 0.2) is 5.10 Å². The van der Waals surface area contributed by atoms with Gasteiger partial charge in [0.05, 0.1) is 7.11 Å². The molecular formula is C5H8N2O2. The molecule has 4 nitrogen and oxygen atoms in total. The summed E-state index contributed by atoms with van der Waals surface area (Å²) < 4.78 is 4.45. The molecule has 0 radical (unpaired) electrons. The van der Waals surface area contributed by atoms with E-state index in [2.05, 4.69) is 15.3 Å². The van der Waals surface area contributed by atoms with Crippen LogP contribution in [-0.2, 0) is 9.53 Å². The molecule has 0 spiro atoms. The molecule has 0 amide bonds. The van der Waals surface area contributed by atoms with Gasteiger partial charge in [-0.1, -0.05) is 0 Å². The van der Waals surface area contributed by atoms with Crippen LogP contribution in [0.25, 0.3) is 0 Å². The predicted octanol–water partition coefficient (Wildman–Crippen LogP) is -0.493. The van der Waals surface area contributed by atoms with Gasteiger partial charge in [0, 0.05) is 12.6 Å². The molecule has 50 valence electrons. The molecule has 0 saturated heterocycles. The molecular weight excluding hydrogens is 120 g/mol. The largest absolute Gasteiger partial charge is 0.467 e. The first-order valence-corrected chi connectivity index (χ1v) is 2.69. The summed E-state index contributed by atoms with van der Waals surface area (Å²) in [5.41, 5.74) is 2.60. The Morgan fingerprint density at radius 1 is 2.00 bits per heavy atom. The molecule has 1 aliphatic rings. The number of rotatable bonds is 1. The molecule has 0 saturated carbocycles. The number of ether oxygens (including phenoxy) is 1. The Bertz CT molecular complexity index is 136. The van der Waals surface area contributed by atoms with Crippen LogP contribution < -0.4 is 5.43 Å². The first kappa shape index (κ1) is 6.07. The first-order chi connectivity index (χ1) is 4.34. The van der Waals surface area contributed by atoms with Crippen LogP contribution in [0.5, 0.6) is 0 Å². The molecule has 1 heterocycles. The van der Waals surface area contributed by atoms with Gasteiger partial charge < -0.3 is 4.74 Å². The van der Waals surface area contributed by atoms with Crippen molar-refractivity contribution in [3.63, 3.8) is 0 Å². The molecule has 1 rings (SSSR count). The van der Waals surface area contributed by atoms with E-state index in [0.29, 0.717) is 6.42 Å². The standard InChI is InChI=1S/C5H8N2O2/c1-9-5(8)4-2-3-6-7-4/h3-4,7H,2H2,1H3/t4-/m1/s1. The van der Waals surface area contributed by atoms with Crippen LogP contribution in [0.1, 0.15) is 6.42 Å². The Morgan fingerprint density at radius 3 is 3.22 bits per heavy atom. The third-order valence-corrected chi connectivity index (χ3v) is 1.15. The monoisotopic (exact) mass is 128 g/mol. The topological polar surface area (TPSA) is 50.7 Å². The van der Waals surface area contributed by atoms with Gasteiger partial charge in [-0.05, 0) is 0 Å². The maximum absolute atomic E-state index is 10.6. The quantitative estimate of drug-likeness (QED) is 0.485. The molecule has 0 fully saturated rings. The maximum atomic E-state index is 10.6. The zero-order valence-electron chi connectivity index (χ0n) is 5.13. The van der Waals surface area contributed by atoms with Gasteiger partial charge in [0.15, 0.2) is 0 Å². The summed E-state index contributed by atoms with van der Waals surface area (Å²) in [6, 6.07) is -0.255. The third kappa shape index (κ3) is 1.19. The first-order valence-electron chi connectivity index (χ1n) is 2.69. The van der Waals surface area contributed by atoms with Crippen LogP contribution in [0.2, 0.25) is 0 Å². The van der Waals surface area contributed by atoms with Crippen molar-refractivity contribution in [2.45, 2.75) is 12.5 Å². The minimum absolute atomic E-state index is 0.255.